The second-order valence-electron chi connectivity index (χ2n) is 7.13. The van der Waals surface area contributed by atoms with Gasteiger partial charge in [0.05, 0.1) is 17.3 Å². The fourth-order valence-corrected chi connectivity index (χ4v) is 4.53. The SMILES string of the molecule is CC1=C(C(=O)OCc2ccccc2)[C@H](c2ccc(C)cc2)N2C(=O)CCSC2=N1. The van der Waals surface area contributed by atoms with Crippen molar-refractivity contribution in [3.05, 3.63) is 82.6 Å². The van der Waals surface area contributed by atoms with Crippen LogP contribution in [0.1, 0.15) is 36.1 Å². The molecule has 2 aromatic carbocycles. The van der Waals surface area contributed by atoms with E-state index in [1.54, 1.807) is 16.7 Å². The van der Waals surface area contributed by atoms with Gasteiger partial charge in [0.1, 0.15) is 6.61 Å². The summed E-state index contributed by atoms with van der Waals surface area (Å²) in [6.07, 6.45) is 0.428. The van der Waals surface area contributed by atoms with Crippen LogP contribution in [0.4, 0.5) is 0 Å². The lowest BCUT2D eigenvalue weighted by Gasteiger charge is -2.38. The monoisotopic (exact) mass is 406 g/mol. The van der Waals surface area contributed by atoms with Crippen LogP contribution >= 0.6 is 11.8 Å². The summed E-state index contributed by atoms with van der Waals surface area (Å²) in [6.45, 7) is 4.00. The second-order valence-corrected chi connectivity index (χ2v) is 8.19. The minimum Gasteiger partial charge on any atom is -0.457 e. The summed E-state index contributed by atoms with van der Waals surface area (Å²) in [5, 5.41) is 0.656. The van der Waals surface area contributed by atoms with E-state index in [2.05, 4.69) is 4.99 Å². The van der Waals surface area contributed by atoms with Crippen LogP contribution in [0.25, 0.3) is 0 Å². The molecule has 2 aromatic rings. The number of hydrogen-bond acceptors (Lipinski definition) is 5. The summed E-state index contributed by atoms with van der Waals surface area (Å²) in [7, 11) is 0. The van der Waals surface area contributed by atoms with Gasteiger partial charge in [-0.1, -0.05) is 71.9 Å². The van der Waals surface area contributed by atoms with Crippen molar-refractivity contribution in [2.24, 2.45) is 4.99 Å². The number of aliphatic imine (C=N–C) groups is 1. The quantitative estimate of drug-likeness (QED) is 0.707. The fourth-order valence-electron chi connectivity index (χ4n) is 3.52. The average Bonchev–Trinajstić information content (AvgIpc) is 2.72. The van der Waals surface area contributed by atoms with E-state index < -0.39 is 12.0 Å². The van der Waals surface area contributed by atoms with Crippen molar-refractivity contribution in [1.82, 2.24) is 4.90 Å². The van der Waals surface area contributed by atoms with Crippen molar-refractivity contribution < 1.29 is 14.3 Å². The van der Waals surface area contributed by atoms with E-state index in [0.29, 0.717) is 28.6 Å². The summed E-state index contributed by atoms with van der Waals surface area (Å²) >= 11 is 1.55. The molecule has 4 rings (SSSR count). The molecule has 2 heterocycles. The highest BCUT2D eigenvalue weighted by molar-refractivity contribution is 8.14. The van der Waals surface area contributed by atoms with Crippen LogP contribution in [-0.2, 0) is 20.9 Å². The number of benzene rings is 2. The Hall–Kier alpha value is -2.86. The molecule has 0 aromatic heterocycles. The second kappa shape index (κ2) is 8.25. The third-order valence-electron chi connectivity index (χ3n) is 5.03. The summed E-state index contributed by atoms with van der Waals surface area (Å²) in [4.78, 5) is 32.1. The molecule has 1 fully saturated rings. The van der Waals surface area contributed by atoms with Gasteiger partial charge in [0.25, 0.3) is 0 Å². The minimum absolute atomic E-state index is 0.0195. The van der Waals surface area contributed by atoms with Gasteiger partial charge in [0.15, 0.2) is 5.17 Å². The summed E-state index contributed by atoms with van der Waals surface area (Å²) in [6, 6.07) is 16.9. The van der Waals surface area contributed by atoms with Crippen LogP contribution in [0.2, 0.25) is 0 Å². The van der Waals surface area contributed by atoms with Crippen LogP contribution in [0.5, 0.6) is 0 Å². The number of ether oxygens (including phenoxy) is 1. The normalized spacial score (nSPS) is 19.0. The Balaban J connectivity index is 1.71. The van der Waals surface area contributed by atoms with Crippen molar-refractivity contribution in [3.63, 3.8) is 0 Å². The Bertz CT molecular complexity index is 997. The van der Waals surface area contributed by atoms with Gasteiger partial charge >= 0.3 is 5.97 Å². The standard InChI is InChI=1S/C23H22N2O3S/c1-15-8-10-18(11-9-15)21-20(22(27)28-14-17-6-4-3-5-7-17)16(2)24-23-25(21)19(26)12-13-29-23/h3-11,21H,12-14H2,1-2H3/t21-/m0/s1. The lowest BCUT2D eigenvalue weighted by molar-refractivity contribution is -0.141. The van der Waals surface area contributed by atoms with Gasteiger partial charge in [-0.05, 0) is 25.0 Å². The van der Waals surface area contributed by atoms with Gasteiger partial charge in [0, 0.05) is 12.2 Å². The number of fused-ring (bicyclic) bond motifs is 1. The molecule has 2 aliphatic rings. The van der Waals surface area contributed by atoms with Crippen LogP contribution in [0.3, 0.4) is 0 Å². The number of rotatable bonds is 4. The molecule has 0 radical (unpaired) electrons. The Kier molecular flexibility index (Phi) is 5.53. The number of hydrogen-bond donors (Lipinski definition) is 0. The molecule has 0 aliphatic carbocycles. The molecular weight excluding hydrogens is 384 g/mol. The Labute approximate surface area is 174 Å². The molecule has 0 bridgehead atoms. The van der Waals surface area contributed by atoms with Crippen LogP contribution in [-0.4, -0.2) is 27.7 Å². The van der Waals surface area contributed by atoms with E-state index in [1.807, 2.05) is 68.4 Å². The Morgan fingerprint density at radius 1 is 1.14 bits per heavy atom. The number of aryl methyl sites for hydroxylation is 1. The molecule has 0 unspecified atom stereocenters. The molecule has 148 valence electrons. The first-order valence-electron chi connectivity index (χ1n) is 9.56. The van der Waals surface area contributed by atoms with E-state index in [-0.39, 0.29) is 12.5 Å². The summed E-state index contributed by atoms with van der Waals surface area (Å²) in [5.41, 5.74) is 3.93. The molecular formula is C23H22N2O3S. The predicted molar refractivity (Wildman–Crippen MR) is 114 cm³/mol. The van der Waals surface area contributed by atoms with E-state index in [9.17, 15) is 9.59 Å². The fraction of sp³-hybridized carbons (Fsp3) is 0.261. The van der Waals surface area contributed by atoms with Crippen molar-refractivity contribution in [3.8, 4) is 0 Å². The first kappa shape index (κ1) is 19.5. The Morgan fingerprint density at radius 3 is 2.59 bits per heavy atom. The lowest BCUT2D eigenvalue weighted by Crippen LogP contribution is -2.45. The number of thioether (sulfide) groups is 1. The number of esters is 1. The molecule has 2 aliphatic heterocycles. The highest BCUT2D eigenvalue weighted by atomic mass is 32.2. The third-order valence-corrected chi connectivity index (χ3v) is 5.99. The molecule has 1 amide bonds. The largest absolute Gasteiger partial charge is 0.457 e. The van der Waals surface area contributed by atoms with Gasteiger partial charge in [-0.3, -0.25) is 9.69 Å². The number of amidine groups is 1. The lowest BCUT2D eigenvalue weighted by atomic mass is 9.93. The smallest absolute Gasteiger partial charge is 0.338 e. The zero-order chi connectivity index (χ0) is 20.4. The zero-order valence-electron chi connectivity index (χ0n) is 16.4. The van der Waals surface area contributed by atoms with Crippen LogP contribution in [0.15, 0.2) is 70.9 Å². The number of carbonyl (C=O) groups is 2. The predicted octanol–water partition coefficient (Wildman–Crippen LogP) is 4.39. The van der Waals surface area contributed by atoms with Gasteiger partial charge in [-0.2, -0.15) is 0 Å². The van der Waals surface area contributed by atoms with Gasteiger partial charge in [-0.25, -0.2) is 9.79 Å². The summed E-state index contributed by atoms with van der Waals surface area (Å²) < 4.78 is 5.62. The average molecular weight is 407 g/mol. The third kappa shape index (κ3) is 3.98. The van der Waals surface area contributed by atoms with Crippen molar-refractivity contribution >= 4 is 28.8 Å². The van der Waals surface area contributed by atoms with E-state index in [1.165, 1.54) is 0 Å². The molecule has 0 saturated carbocycles. The maximum absolute atomic E-state index is 13.1. The van der Waals surface area contributed by atoms with Gasteiger partial charge < -0.3 is 4.74 Å². The summed E-state index contributed by atoms with van der Waals surface area (Å²) in [5.74, 6) is 0.243. The number of carbonyl (C=O) groups excluding carboxylic acids is 2. The van der Waals surface area contributed by atoms with E-state index in [0.717, 1.165) is 16.7 Å². The molecule has 0 spiro atoms. The minimum atomic E-state index is -0.522. The van der Waals surface area contributed by atoms with Crippen molar-refractivity contribution in [2.75, 3.05) is 5.75 Å². The highest BCUT2D eigenvalue weighted by Crippen LogP contribution is 2.40. The topological polar surface area (TPSA) is 59.0 Å². The maximum Gasteiger partial charge on any atom is 0.338 e. The molecule has 1 saturated heterocycles. The van der Waals surface area contributed by atoms with Crippen LogP contribution < -0.4 is 0 Å². The first-order chi connectivity index (χ1) is 14.0. The van der Waals surface area contributed by atoms with Crippen LogP contribution in [0, 0.1) is 6.92 Å². The highest BCUT2D eigenvalue weighted by Gasteiger charge is 2.41. The zero-order valence-corrected chi connectivity index (χ0v) is 17.2. The first-order valence-corrected chi connectivity index (χ1v) is 10.5. The van der Waals surface area contributed by atoms with Gasteiger partial charge in [0.2, 0.25) is 5.91 Å². The molecule has 6 heteroatoms. The Morgan fingerprint density at radius 2 is 1.86 bits per heavy atom. The van der Waals surface area contributed by atoms with Crippen molar-refractivity contribution in [1.29, 1.82) is 0 Å². The van der Waals surface area contributed by atoms with Gasteiger partial charge in [-0.15, -0.1) is 0 Å². The molecule has 0 N–H and O–H groups in total. The molecule has 29 heavy (non-hydrogen) atoms. The molecule has 1 atom stereocenters. The molecule has 5 nitrogen and oxygen atoms in total. The maximum atomic E-state index is 13.1. The van der Waals surface area contributed by atoms with Crippen molar-refractivity contribution in [2.45, 2.75) is 32.9 Å². The number of nitrogens with zero attached hydrogens (tertiary/aromatic N) is 2. The van der Waals surface area contributed by atoms with E-state index in [4.69, 9.17) is 4.74 Å². The van der Waals surface area contributed by atoms with E-state index >= 15 is 0 Å². The number of allylic oxidation sites excluding steroid dienone is 1. The number of amides is 1.